The Kier molecular flexibility index (Phi) is 4.89. The summed E-state index contributed by atoms with van der Waals surface area (Å²) in [5.74, 6) is 0. The Hall–Kier alpha value is -4.68. The third-order valence-electron chi connectivity index (χ3n) is 7.25. The summed E-state index contributed by atoms with van der Waals surface area (Å²) in [6, 6.07) is 52.4. The van der Waals surface area contributed by atoms with E-state index in [-0.39, 0.29) is 0 Å². The zero-order chi connectivity index (χ0) is 23.9. The first-order chi connectivity index (χ1) is 17.9. The van der Waals surface area contributed by atoms with Gasteiger partial charge in [-0.1, -0.05) is 146 Å². The first-order valence-electron chi connectivity index (χ1n) is 12.5. The largest absolute Gasteiger partial charge is 0.0622 e. The molecule has 0 nitrogen and oxygen atoms in total. The molecule has 0 heterocycles. The molecule has 0 heteroatoms. The molecular formula is C36H24. The molecule has 0 N–H and O–H groups in total. The van der Waals surface area contributed by atoms with Crippen molar-refractivity contribution in [1.82, 2.24) is 0 Å². The molecule has 6 aromatic carbocycles. The van der Waals surface area contributed by atoms with Crippen molar-refractivity contribution < 1.29 is 0 Å². The number of benzene rings is 6. The Morgan fingerprint density at radius 2 is 0.389 bits per heavy atom. The van der Waals surface area contributed by atoms with Crippen LogP contribution in [0, 0.1) is 20.9 Å². The van der Waals surface area contributed by atoms with Crippen LogP contribution in [0.15, 0.2) is 146 Å². The fourth-order valence-corrected chi connectivity index (χ4v) is 5.61. The SMILES string of the molecule is c1ccc(-c2ccc(-c3ccccc3)c3c2=c2c(-c4ccccc4)ccc(-c4ccccc4)c2=3)cc1. The lowest BCUT2D eigenvalue weighted by Gasteiger charge is -2.20. The molecule has 0 fully saturated rings. The van der Waals surface area contributed by atoms with Gasteiger partial charge in [0.1, 0.15) is 0 Å². The molecule has 1 aliphatic carbocycles. The fourth-order valence-electron chi connectivity index (χ4n) is 5.61. The van der Waals surface area contributed by atoms with Crippen LogP contribution in [0.1, 0.15) is 0 Å². The van der Waals surface area contributed by atoms with Gasteiger partial charge in [0, 0.05) is 0 Å². The van der Waals surface area contributed by atoms with Gasteiger partial charge >= 0.3 is 0 Å². The van der Waals surface area contributed by atoms with Gasteiger partial charge in [-0.05, 0) is 65.4 Å². The van der Waals surface area contributed by atoms with Crippen LogP contribution in [0.3, 0.4) is 0 Å². The lowest BCUT2D eigenvalue weighted by Crippen LogP contribution is -2.02. The third kappa shape index (κ3) is 3.23. The second-order valence-electron chi connectivity index (χ2n) is 9.29. The molecule has 0 spiro atoms. The highest BCUT2D eigenvalue weighted by atomic mass is 14.2. The smallest absolute Gasteiger partial charge is 0.000741 e. The minimum atomic E-state index is 1.25. The maximum absolute atomic E-state index is 2.31. The number of hydrogen-bond donors (Lipinski definition) is 0. The van der Waals surface area contributed by atoms with Crippen LogP contribution >= 0.6 is 0 Å². The molecule has 0 aromatic heterocycles. The predicted molar refractivity (Wildman–Crippen MR) is 150 cm³/mol. The van der Waals surface area contributed by atoms with Gasteiger partial charge in [-0.25, -0.2) is 0 Å². The van der Waals surface area contributed by atoms with Crippen LogP contribution in [0.25, 0.3) is 44.5 Å². The number of hydrogen-bond acceptors (Lipinski definition) is 0. The highest BCUT2D eigenvalue weighted by Gasteiger charge is 2.19. The van der Waals surface area contributed by atoms with E-state index in [1.165, 1.54) is 65.4 Å². The average Bonchev–Trinajstić information content (AvgIpc) is 2.96. The number of fused-ring (bicyclic) bond motifs is 2. The standard InChI is InChI=1S/C36H24/c1-5-13-25(14-6-1)29-21-22-30(26-15-7-2-8-16-26)34-33(29)35-31(27-17-9-3-10-18-27)23-24-32(36(34)35)28-19-11-4-12-20-28/h1-24H. The van der Waals surface area contributed by atoms with Gasteiger partial charge in [0.2, 0.25) is 0 Å². The summed E-state index contributed by atoms with van der Waals surface area (Å²) in [5, 5.41) is 5.42. The van der Waals surface area contributed by atoms with Crippen molar-refractivity contribution in [2.75, 3.05) is 0 Å². The highest BCUT2D eigenvalue weighted by molar-refractivity contribution is 5.80. The van der Waals surface area contributed by atoms with Crippen molar-refractivity contribution in [2.45, 2.75) is 0 Å². The quantitative estimate of drug-likeness (QED) is 0.248. The van der Waals surface area contributed by atoms with Gasteiger partial charge in [-0.2, -0.15) is 0 Å². The third-order valence-corrected chi connectivity index (χ3v) is 7.25. The van der Waals surface area contributed by atoms with E-state index in [1.807, 2.05) is 0 Å². The second kappa shape index (κ2) is 8.52. The maximum Gasteiger partial charge on any atom is -0.000741 e. The lowest BCUT2D eigenvalue weighted by molar-refractivity contribution is 1.28. The Labute approximate surface area is 210 Å². The van der Waals surface area contributed by atoms with E-state index in [0.717, 1.165) is 0 Å². The Bertz CT molecular complexity index is 1580. The summed E-state index contributed by atoms with van der Waals surface area (Å²) in [5.41, 5.74) is 10.2. The lowest BCUT2D eigenvalue weighted by atomic mass is 9.82. The molecule has 6 aromatic rings. The van der Waals surface area contributed by atoms with Gasteiger partial charge in [-0.3, -0.25) is 0 Å². The first kappa shape index (κ1) is 20.7. The van der Waals surface area contributed by atoms with E-state index < -0.39 is 0 Å². The minimum absolute atomic E-state index is 1.25. The zero-order valence-electron chi connectivity index (χ0n) is 19.9. The normalized spacial score (nSPS) is 11.3. The van der Waals surface area contributed by atoms with E-state index in [1.54, 1.807) is 0 Å². The van der Waals surface area contributed by atoms with Crippen molar-refractivity contribution in [2.24, 2.45) is 0 Å². The highest BCUT2D eigenvalue weighted by Crippen LogP contribution is 2.39. The van der Waals surface area contributed by atoms with E-state index >= 15 is 0 Å². The molecule has 0 aliphatic heterocycles. The van der Waals surface area contributed by atoms with Crippen LogP contribution in [-0.2, 0) is 0 Å². The molecule has 0 unspecified atom stereocenters. The Morgan fingerprint density at radius 1 is 0.194 bits per heavy atom. The van der Waals surface area contributed by atoms with Gasteiger partial charge in [0.05, 0.1) is 0 Å². The maximum atomic E-state index is 2.31. The Morgan fingerprint density at radius 3 is 0.583 bits per heavy atom. The molecule has 36 heavy (non-hydrogen) atoms. The molecule has 0 radical (unpaired) electrons. The molecule has 1 aliphatic rings. The van der Waals surface area contributed by atoms with E-state index in [0.29, 0.717) is 0 Å². The summed E-state index contributed by atoms with van der Waals surface area (Å²) in [6.45, 7) is 0. The summed E-state index contributed by atoms with van der Waals surface area (Å²) in [7, 11) is 0. The molecular weight excluding hydrogens is 432 g/mol. The van der Waals surface area contributed by atoms with Gasteiger partial charge < -0.3 is 0 Å². The van der Waals surface area contributed by atoms with Crippen molar-refractivity contribution in [3.05, 3.63) is 166 Å². The molecule has 7 rings (SSSR count). The predicted octanol–water partition coefficient (Wildman–Crippen LogP) is 9.24. The van der Waals surface area contributed by atoms with Gasteiger partial charge in [0.15, 0.2) is 0 Å². The summed E-state index contributed by atoms with van der Waals surface area (Å²) < 4.78 is 0. The van der Waals surface area contributed by atoms with Gasteiger partial charge in [-0.15, -0.1) is 0 Å². The molecule has 0 saturated carbocycles. The number of rotatable bonds is 4. The summed E-state index contributed by atoms with van der Waals surface area (Å²) >= 11 is 0. The molecule has 0 bridgehead atoms. The topological polar surface area (TPSA) is 0 Å². The molecule has 0 saturated heterocycles. The second-order valence-corrected chi connectivity index (χ2v) is 9.29. The van der Waals surface area contributed by atoms with Crippen LogP contribution in [-0.4, -0.2) is 0 Å². The molecule has 0 amide bonds. The van der Waals surface area contributed by atoms with Crippen LogP contribution in [0.5, 0.6) is 0 Å². The van der Waals surface area contributed by atoms with Crippen LogP contribution < -0.4 is 0 Å². The minimum Gasteiger partial charge on any atom is -0.0622 e. The van der Waals surface area contributed by atoms with Crippen molar-refractivity contribution in [3.63, 3.8) is 0 Å². The first-order valence-corrected chi connectivity index (χ1v) is 12.5. The fraction of sp³-hybridized carbons (Fsp3) is 0. The van der Waals surface area contributed by atoms with Gasteiger partial charge in [0.25, 0.3) is 0 Å². The summed E-state index contributed by atoms with van der Waals surface area (Å²) in [6.07, 6.45) is 0. The van der Waals surface area contributed by atoms with Crippen LogP contribution in [0.4, 0.5) is 0 Å². The Balaban J connectivity index is 1.70. The molecule has 0 atom stereocenters. The summed E-state index contributed by atoms with van der Waals surface area (Å²) in [4.78, 5) is 0. The van der Waals surface area contributed by atoms with Crippen molar-refractivity contribution in [1.29, 1.82) is 0 Å². The van der Waals surface area contributed by atoms with Crippen LogP contribution in [0.2, 0.25) is 0 Å². The monoisotopic (exact) mass is 456 g/mol. The van der Waals surface area contributed by atoms with E-state index in [2.05, 4.69) is 146 Å². The van der Waals surface area contributed by atoms with Crippen molar-refractivity contribution >= 4 is 0 Å². The van der Waals surface area contributed by atoms with Crippen molar-refractivity contribution in [3.8, 4) is 44.5 Å². The average molecular weight is 457 g/mol. The van der Waals surface area contributed by atoms with E-state index in [4.69, 9.17) is 0 Å². The molecule has 168 valence electrons. The zero-order valence-corrected chi connectivity index (χ0v) is 19.9. The van der Waals surface area contributed by atoms with E-state index in [9.17, 15) is 0 Å².